The Labute approximate surface area is 146 Å². The highest BCUT2D eigenvalue weighted by Crippen LogP contribution is 2.15. The summed E-state index contributed by atoms with van der Waals surface area (Å²) in [6.07, 6.45) is 2.18. The summed E-state index contributed by atoms with van der Waals surface area (Å²) < 4.78 is 5.14. The quantitative estimate of drug-likeness (QED) is 0.441. The van der Waals surface area contributed by atoms with Gasteiger partial charge in [0.25, 0.3) is 0 Å². The number of aliphatic imine (C=N–C) groups is 1. The summed E-state index contributed by atoms with van der Waals surface area (Å²) in [5, 5.41) is 9.49. The van der Waals surface area contributed by atoms with E-state index in [9.17, 15) is 4.79 Å². The number of hydrogen-bond acceptors (Lipinski definition) is 4. The van der Waals surface area contributed by atoms with E-state index in [1.807, 2.05) is 13.8 Å². The van der Waals surface area contributed by atoms with E-state index in [2.05, 4.69) is 32.8 Å². The van der Waals surface area contributed by atoms with Crippen LogP contribution in [-0.4, -0.2) is 76.3 Å². The average molecular weight is 342 g/mol. The molecule has 0 aliphatic carbocycles. The van der Waals surface area contributed by atoms with Gasteiger partial charge in [0.05, 0.1) is 18.6 Å². The lowest BCUT2D eigenvalue weighted by Gasteiger charge is -2.33. The van der Waals surface area contributed by atoms with Crippen molar-refractivity contribution >= 4 is 11.9 Å². The number of amides is 1. The van der Waals surface area contributed by atoms with Crippen molar-refractivity contribution < 1.29 is 9.53 Å². The summed E-state index contributed by atoms with van der Waals surface area (Å²) in [4.78, 5) is 18.9. The lowest BCUT2D eigenvalue weighted by atomic mass is 9.93. The molecule has 24 heavy (non-hydrogen) atoms. The maximum absolute atomic E-state index is 11.9. The fourth-order valence-electron chi connectivity index (χ4n) is 2.72. The molecule has 1 aliphatic heterocycles. The monoisotopic (exact) mass is 341 g/mol. The highest BCUT2D eigenvalue weighted by molar-refractivity contribution is 5.83. The fraction of sp³-hybridized carbons (Fsp3) is 0.882. The minimum absolute atomic E-state index is 0.00792. The number of nitrogens with zero attached hydrogens (tertiary/aromatic N) is 2. The first-order valence-corrected chi connectivity index (χ1v) is 8.91. The number of rotatable bonds is 8. The lowest BCUT2D eigenvalue weighted by molar-refractivity contribution is -0.128. The zero-order valence-corrected chi connectivity index (χ0v) is 15.9. The van der Waals surface area contributed by atoms with Crippen molar-refractivity contribution in [3.63, 3.8) is 0 Å². The van der Waals surface area contributed by atoms with Crippen molar-refractivity contribution in [2.24, 2.45) is 10.4 Å². The molecular formula is C17H35N5O2. The summed E-state index contributed by atoms with van der Waals surface area (Å²) in [5.74, 6) is 0.804. The second-order valence-corrected chi connectivity index (χ2v) is 6.91. The molecule has 0 spiro atoms. The van der Waals surface area contributed by atoms with Crippen molar-refractivity contribution in [3.8, 4) is 0 Å². The molecule has 0 unspecified atom stereocenters. The first-order chi connectivity index (χ1) is 11.4. The molecular weight excluding hydrogens is 306 g/mol. The van der Waals surface area contributed by atoms with Gasteiger partial charge in [0.15, 0.2) is 5.96 Å². The van der Waals surface area contributed by atoms with E-state index in [1.54, 1.807) is 14.2 Å². The Morgan fingerprint density at radius 2 is 2.00 bits per heavy atom. The molecule has 0 aromatic carbocycles. The van der Waals surface area contributed by atoms with E-state index >= 15 is 0 Å². The van der Waals surface area contributed by atoms with E-state index < -0.39 is 5.41 Å². The normalized spacial score (nSPS) is 17.6. The molecule has 7 heteroatoms. The van der Waals surface area contributed by atoms with Crippen LogP contribution >= 0.6 is 0 Å². The van der Waals surface area contributed by atoms with Crippen LogP contribution in [0.15, 0.2) is 4.99 Å². The number of guanidine groups is 1. The Kier molecular flexibility index (Phi) is 9.07. The summed E-state index contributed by atoms with van der Waals surface area (Å²) in [6.45, 7) is 11.1. The van der Waals surface area contributed by atoms with E-state index in [-0.39, 0.29) is 5.91 Å². The Bertz CT molecular complexity index is 404. The van der Waals surface area contributed by atoms with Crippen LogP contribution in [0.4, 0.5) is 0 Å². The van der Waals surface area contributed by atoms with Crippen LogP contribution in [0.25, 0.3) is 0 Å². The molecule has 1 rings (SSSR count). The predicted molar refractivity (Wildman–Crippen MR) is 98.3 cm³/mol. The second-order valence-electron chi connectivity index (χ2n) is 6.91. The van der Waals surface area contributed by atoms with E-state index in [4.69, 9.17) is 4.74 Å². The SMILES string of the molecule is CCNC(=NCC(C)(C)C(=O)NC)NC1CCN(CCOC)CC1. The van der Waals surface area contributed by atoms with Crippen molar-refractivity contribution in [1.29, 1.82) is 0 Å². The molecule has 140 valence electrons. The highest BCUT2D eigenvalue weighted by Gasteiger charge is 2.26. The zero-order valence-electron chi connectivity index (χ0n) is 15.9. The number of hydrogen-bond donors (Lipinski definition) is 3. The van der Waals surface area contributed by atoms with Gasteiger partial charge in [-0.25, -0.2) is 0 Å². The summed E-state index contributed by atoms with van der Waals surface area (Å²) >= 11 is 0. The topological polar surface area (TPSA) is 78.0 Å². The first-order valence-electron chi connectivity index (χ1n) is 8.91. The Balaban J connectivity index is 2.51. The molecule has 0 aromatic heterocycles. The van der Waals surface area contributed by atoms with Crippen LogP contribution in [0, 0.1) is 5.41 Å². The lowest BCUT2D eigenvalue weighted by Crippen LogP contribution is -2.49. The fourth-order valence-corrected chi connectivity index (χ4v) is 2.72. The van der Waals surface area contributed by atoms with E-state index in [1.165, 1.54) is 0 Å². The molecule has 0 aromatic rings. The van der Waals surface area contributed by atoms with Crippen molar-refractivity contribution in [2.45, 2.75) is 39.7 Å². The molecule has 1 aliphatic rings. The molecule has 1 saturated heterocycles. The number of carbonyl (C=O) groups excluding carboxylic acids is 1. The van der Waals surface area contributed by atoms with Gasteiger partial charge in [0.1, 0.15) is 0 Å². The number of methoxy groups -OCH3 is 1. The van der Waals surface area contributed by atoms with E-state index in [0.717, 1.165) is 51.6 Å². The molecule has 1 fully saturated rings. The van der Waals surface area contributed by atoms with Gasteiger partial charge in [0, 0.05) is 46.4 Å². The molecule has 0 radical (unpaired) electrons. The van der Waals surface area contributed by atoms with Crippen molar-refractivity contribution in [3.05, 3.63) is 0 Å². The summed E-state index contributed by atoms with van der Waals surface area (Å²) in [6, 6.07) is 0.421. The Morgan fingerprint density at radius 3 is 2.54 bits per heavy atom. The third-order valence-electron chi connectivity index (χ3n) is 4.36. The van der Waals surface area contributed by atoms with Gasteiger partial charge in [-0.2, -0.15) is 0 Å². The average Bonchev–Trinajstić information content (AvgIpc) is 2.58. The number of carbonyl (C=O) groups is 1. The van der Waals surface area contributed by atoms with Gasteiger partial charge in [-0.3, -0.25) is 9.79 Å². The summed E-state index contributed by atoms with van der Waals surface area (Å²) in [5.41, 5.74) is -0.513. The molecule has 1 heterocycles. The molecule has 1 amide bonds. The molecule has 7 nitrogen and oxygen atoms in total. The van der Waals surface area contributed by atoms with Gasteiger partial charge in [-0.1, -0.05) is 0 Å². The smallest absolute Gasteiger partial charge is 0.227 e. The molecule has 0 bridgehead atoms. The first kappa shape index (κ1) is 20.7. The van der Waals surface area contributed by atoms with Crippen molar-refractivity contribution in [2.75, 3.05) is 53.5 Å². The number of nitrogens with one attached hydrogen (secondary N) is 3. The number of likely N-dealkylation sites (tertiary alicyclic amines) is 1. The minimum Gasteiger partial charge on any atom is -0.383 e. The minimum atomic E-state index is -0.513. The maximum Gasteiger partial charge on any atom is 0.227 e. The molecule has 3 N–H and O–H groups in total. The van der Waals surface area contributed by atoms with Gasteiger partial charge in [-0.05, 0) is 33.6 Å². The van der Waals surface area contributed by atoms with Crippen LogP contribution in [0.3, 0.4) is 0 Å². The zero-order chi connectivity index (χ0) is 18.0. The number of piperidine rings is 1. The third kappa shape index (κ3) is 7.05. The molecule has 0 atom stereocenters. The third-order valence-corrected chi connectivity index (χ3v) is 4.36. The van der Waals surface area contributed by atoms with Crippen LogP contribution in [0.2, 0.25) is 0 Å². The van der Waals surface area contributed by atoms with Gasteiger partial charge in [0.2, 0.25) is 5.91 Å². The van der Waals surface area contributed by atoms with Crippen LogP contribution in [0.1, 0.15) is 33.6 Å². The van der Waals surface area contributed by atoms with Crippen LogP contribution in [-0.2, 0) is 9.53 Å². The Hall–Kier alpha value is -1.34. The highest BCUT2D eigenvalue weighted by atomic mass is 16.5. The van der Waals surface area contributed by atoms with Crippen LogP contribution in [0.5, 0.6) is 0 Å². The number of ether oxygens (including phenoxy) is 1. The van der Waals surface area contributed by atoms with Crippen LogP contribution < -0.4 is 16.0 Å². The second kappa shape index (κ2) is 10.5. The Morgan fingerprint density at radius 1 is 1.33 bits per heavy atom. The van der Waals surface area contributed by atoms with Gasteiger partial charge < -0.3 is 25.6 Å². The largest absolute Gasteiger partial charge is 0.383 e. The maximum atomic E-state index is 11.9. The van der Waals surface area contributed by atoms with Gasteiger partial charge >= 0.3 is 0 Å². The predicted octanol–water partition coefficient (Wildman–Crippen LogP) is 0.425. The van der Waals surface area contributed by atoms with Gasteiger partial charge in [-0.15, -0.1) is 0 Å². The summed E-state index contributed by atoms with van der Waals surface area (Å²) in [7, 11) is 3.41. The molecule has 0 saturated carbocycles. The van der Waals surface area contributed by atoms with Crippen molar-refractivity contribution in [1.82, 2.24) is 20.9 Å². The standard InChI is InChI=1S/C17H35N5O2/c1-6-19-16(20-13-17(2,3)15(23)18-4)21-14-7-9-22(10-8-14)11-12-24-5/h14H,6-13H2,1-5H3,(H,18,23)(H2,19,20,21). The van der Waals surface area contributed by atoms with E-state index in [0.29, 0.717) is 12.6 Å².